The fourth-order valence-corrected chi connectivity index (χ4v) is 3.41. The maximum Gasteiger partial charge on any atom is 0.356 e. The smallest absolute Gasteiger partial charge is 0.356 e. The average molecular weight is 452 g/mol. The number of aromatic nitrogens is 1. The maximum atomic E-state index is 12.9. The van der Waals surface area contributed by atoms with Crippen molar-refractivity contribution in [2.75, 3.05) is 19.8 Å². The molecule has 170 valence electrons. The number of aliphatic imine (C=N–C) groups is 1. The number of ketones is 2. The fraction of sp³-hybridized carbons (Fsp3) is 0.217. The summed E-state index contributed by atoms with van der Waals surface area (Å²) in [4.78, 5) is 69.9. The number of rotatable bonds is 9. The number of carbonyl (C=O) groups excluding carboxylic acids is 5. The number of fused-ring (bicyclic) bond motifs is 3. The third-order valence-electron chi connectivity index (χ3n) is 4.78. The number of Topliss-reactive ketones (excluding diaryl/α,β-unsaturated/α-hetero) is 2. The molecule has 1 aromatic rings. The molecule has 2 unspecified atom stereocenters. The zero-order valence-corrected chi connectivity index (χ0v) is 17.5. The van der Waals surface area contributed by atoms with Gasteiger partial charge >= 0.3 is 17.9 Å². The standard InChI is InChI=1S/C23H20N2O8/c1-4-7-31-21(28)12-10-14(22(29)32-8-5-2)25-18-16(12)17-13(19(26)20(18)27)11-15(24-17)23(30)33-9-6-3/h4-6,10-11,16,18,24H,1-3,7-9H2. The van der Waals surface area contributed by atoms with Crippen molar-refractivity contribution >= 4 is 35.2 Å². The van der Waals surface area contributed by atoms with E-state index in [1.807, 2.05) is 0 Å². The molecule has 0 saturated heterocycles. The Hall–Kier alpha value is -4.34. The van der Waals surface area contributed by atoms with E-state index < -0.39 is 41.4 Å². The maximum absolute atomic E-state index is 12.9. The number of hydrogen-bond donors (Lipinski definition) is 1. The highest BCUT2D eigenvalue weighted by atomic mass is 16.5. The molecule has 1 aromatic heterocycles. The van der Waals surface area contributed by atoms with Gasteiger partial charge in [-0.1, -0.05) is 38.0 Å². The predicted molar refractivity (Wildman–Crippen MR) is 115 cm³/mol. The molecule has 2 atom stereocenters. The number of esters is 3. The number of dihydropyridines is 1. The summed E-state index contributed by atoms with van der Waals surface area (Å²) in [5.74, 6) is -5.52. The van der Waals surface area contributed by atoms with Gasteiger partial charge in [-0.3, -0.25) is 14.6 Å². The van der Waals surface area contributed by atoms with Gasteiger partial charge in [0.15, 0.2) is 0 Å². The second-order valence-corrected chi connectivity index (χ2v) is 6.90. The molecule has 0 fully saturated rings. The van der Waals surface area contributed by atoms with Crippen LogP contribution in [0, 0.1) is 0 Å². The van der Waals surface area contributed by atoms with Crippen molar-refractivity contribution in [2.45, 2.75) is 12.0 Å². The first-order valence-electron chi connectivity index (χ1n) is 9.78. The van der Waals surface area contributed by atoms with Crippen LogP contribution >= 0.6 is 0 Å². The van der Waals surface area contributed by atoms with E-state index in [-0.39, 0.29) is 48.1 Å². The predicted octanol–water partition coefficient (Wildman–Crippen LogP) is 1.41. The third-order valence-corrected chi connectivity index (χ3v) is 4.78. The molecule has 0 saturated carbocycles. The molecular weight excluding hydrogens is 432 g/mol. The van der Waals surface area contributed by atoms with E-state index in [0.717, 1.165) is 6.08 Å². The Kier molecular flexibility index (Phi) is 6.97. The van der Waals surface area contributed by atoms with Crippen molar-refractivity contribution in [3.8, 4) is 0 Å². The Morgan fingerprint density at radius 2 is 1.52 bits per heavy atom. The molecule has 10 nitrogen and oxygen atoms in total. The van der Waals surface area contributed by atoms with Gasteiger partial charge in [-0.15, -0.1) is 0 Å². The van der Waals surface area contributed by atoms with Crippen molar-refractivity contribution in [1.82, 2.24) is 4.98 Å². The van der Waals surface area contributed by atoms with Crippen LogP contribution in [-0.4, -0.2) is 66.0 Å². The first kappa shape index (κ1) is 23.3. The van der Waals surface area contributed by atoms with Crippen LogP contribution in [0.15, 0.2) is 60.7 Å². The lowest BCUT2D eigenvalue weighted by Crippen LogP contribution is -2.43. The molecule has 0 spiro atoms. The van der Waals surface area contributed by atoms with E-state index in [2.05, 4.69) is 29.7 Å². The number of hydrogen-bond acceptors (Lipinski definition) is 9. The van der Waals surface area contributed by atoms with Crippen LogP contribution < -0.4 is 0 Å². The topological polar surface area (TPSA) is 141 Å². The minimum atomic E-state index is -1.43. The summed E-state index contributed by atoms with van der Waals surface area (Å²) in [6.07, 6.45) is 5.18. The second-order valence-electron chi connectivity index (χ2n) is 6.90. The molecule has 1 N–H and O–H groups in total. The summed E-state index contributed by atoms with van der Waals surface area (Å²) in [6, 6.07) is -0.246. The summed E-state index contributed by atoms with van der Waals surface area (Å²) in [6.45, 7) is 10.0. The minimum Gasteiger partial charge on any atom is -0.458 e. The number of ether oxygens (including phenoxy) is 3. The van der Waals surface area contributed by atoms with E-state index >= 15 is 0 Å². The van der Waals surface area contributed by atoms with Crippen LogP contribution in [0.25, 0.3) is 0 Å². The second kappa shape index (κ2) is 9.86. The number of nitrogens with zero attached hydrogens (tertiary/aromatic N) is 1. The Morgan fingerprint density at radius 1 is 0.939 bits per heavy atom. The number of H-pyrrole nitrogens is 1. The summed E-state index contributed by atoms with van der Waals surface area (Å²) in [5.41, 5.74) is -0.522. The lowest BCUT2D eigenvalue weighted by atomic mass is 9.76. The normalized spacial score (nSPS) is 18.7. The first-order chi connectivity index (χ1) is 15.8. The molecule has 3 rings (SSSR count). The molecule has 0 bridgehead atoms. The molecular formula is C23H20N2O8. The van der Waals surface area contributed by atoms with E-state index in [4.69, 9.17) is 14.2 Å². The Bertz CT molecular complexity index is 1140. The Balaban J connectivity index is 2.10. The first-order valence-corrected chi connectivity index (χ1v) is 9.78. The molecule has 0 radical (unpaired) electrons. The van der Waals surface area contributed by atoms with E-state index in [0.29, 0.717) is 0 Å². The highest BCUT2D eigenvalue weighted by molar-refractivity contribution is 6.49. The Labute approximate surface area is 188 Å². The van der Waals surface area contributed by atoms with Crippen molar-refractivity contribution in [2.24, 2.45) is 4.99 Å². The zero-order valence-electron chi connectivity index (χ0n) is 17.5. The lowest BCUT2D eigenvalue weighted by molar-refractivity contribution is -0.138. The number of nitrogens with one attached hydrogen (secondary N) is 1. The van der Waals surface area contributed by atoms with Crippen LogP contribution in [0.1, 0.15) is 32.5 Å². The number of aromatic amines is 1. The molecule has 0 amide bonds. The van der Waals surface area contributed by atoms with Crippen molar-refractivity contribution in [3.63, 3.8) is 0 Å². The number of carbonyl (C=O) groups is 5. The minimum absolute atomic E-state index is 0.0685. The summed E-state index contributed by atoms with van der Waals surface area (Å²) < 4.78 is 15.0. The Morgan fingerprint density at radius 3 is 2.12 bits per heavy atom. The molecule has 10 heteroatoms. The lowest BCUT2D eigenvalue weighted by Gasteiger charge is -2.31. The van der Waals surface area contributed by atoms with Gasteiger partial charge in [-0.2, -0.15) is 0 Å². The quantitative estimate of drug-likeness (QED) is 0.257. The highest BCUT2D eigenvalue weighted by Crippen LogP contribution is 2.40. The molecule has 1 aliphatic heterocycles. The van der Waals surface area contributed by atoms with Gasteiger partial charge in [0.2, 0.25) is 11.6 Å². The third kappa shape index (κ3) is 4.49. The fourth-order valence-electron chi connectivity index (χ4n) is 3.41. The zero-order chi connectivity index (χ0) is 24.1. The van der Waals surface area contributed by atoms with Crippen LogP contribution in [-0.2, 0) is 28.6 Å². The van der Waals surface area contributed by atoms with Crippen LogP contribution in [0.4, 0.5) is 0 Å². The van der Waals surface area contributed by atoms with Gasteiger partial charge < -0.3 is 19.2 Å². The largest absolute Gasteiger partial charge is 0.458 e. The van der Waals surface area contributed by atoms with Gasteiger partial charge in [0.05, 0.1) is 11.5 Å². The molecule has 33 heavy (non-hydrogen) atoms. The summed E-state index contributed by atoms with van der Waals surface area (Å²) in [5, 5.41) is 0. The van der Waals surface area contributed by atoms with Gasteiger partial charge in [0.1, 0.15) is 37.3 Å². The van der Waals surface area contributed by atoms with E-state index in [1.165, 1.54) is 24.3 Å². The van der Waals surface area contributed by atoms with Gasteiger partial charge in [-0.05, 0) is 12.1 Å². The molecule has 2 heterocycles. The van der Waals surface area contributed by atoms with Gasteiger partial charge in [-0.25, -0.2) is 14.4 Å². The van der Waals surface area contributed by atoms with Gasteiger partial charge in [0.25, 0.3) is 0 Å². The van der Waals surface area contributed by atoms with Crippen molar-refractivity contribution < 1.29 is 38.2 Å². The highest BCUT2D eigenvalue weighted by Gasteiger charge is 2.48. The SMILES string of the molecule is C=CCOC(=O)C1=CC(C(=O)OCC=C)=NC2C(=O)C(=O)c3cc(C(=O)OCC=C)[nH]c3C12. The average Bonchev–Trinajstić information content (AvgIpc) is 3.27. The monoisotopic (exact) mass is 452 g/mol. The van der Waals surface area contributed by atoms with Crippen molar-refractivity contribution in [3.05, 3.63) is 72.6 Å². The van der Waals surface area contributed by atoms with Crippen molar-refractivity contribution in [1.29, 1.82) is 0 Å². The van der Waals surface area contributed by atoms with E-state index in [1.54, 1.807) is 0 Å². The van der Waals surface area contributed by atoms with Gasteiger partial charge in [0, 0.05) is 11.3 Å². The van der Waals surface area contributed by atoms with E-state index in [9.17, 15) is 24.0 Å². The molecule has 1 aliphatic carbocycles. The summed E-state index contributed by atoms with van der Waals surface area (Å²) >= 11 is 0. The molecule has 2 aliphatic rings. The summed E-state index contributed by atoms with van der Waals surface area (Å²) in [7, 11) is 0. The van der Waals surface area contributed by atoms with Crippen LogP contribution in [0.2, 0.25) is 0 Å². The van der Waals surface area contributed by atoms with Crippen LogP contribution in [0.5, 0.6) is 0 Å². The van der Waals surface area contributed by atoms with Crippen LogP contribution in [0.3, 0.4) is 0 Å². The molecule has 0 aromatic carbocycles.